The highest BCUT2D eigenvalue weighted by Crippen LogP contribution is 2.20. The first kappa shape index (κ1) is 19.6. The average molecular weight is 355 g/mol. The number of benzene rings is 2. The highest BCUT2D eigenvalue weighted by atomic mass is 16.5. The van der Waals surface area contributed by atoms with Crippen molar-refractivity contribution in [2.75, 3.05) is 27.3 Å². The Balaban J connectivity index is 1.98. The second-order valence-corrected chi connectivity index (χ2v) is 6.00. The predicted octanol–water partition coefficient (Wildman–Crippen LogP) is 3.31. The number of hydrogen-bond donors (Lipinski definition) is 2. The third-order valence-corrected chi connectivity index (χ3v) is 4.07. The fourth-order valence-electron chi connectivity index (χ4n) is 2.76. The van der Waals surface area contributed by atoms with Crippen LogP contribution in [0.15, 0.2) is 47.5 Å². The normalized spacial score (nSPS) is 11.2. The van der Waals surface area contributed by atoms with Crippen molar-refractivity contribution < 1.29 is 9.47 Å². The molecule has 0 aliphatic heterocycles. The Labute approximate surface area is 156 Å². The van der Waals surface area contributed by atoms with Crippen molar-refractivity contribution in [1.29, 1.82) is 0 Å². The van der Waals surface area contributed by atoms with Crippen LogP contribution in [0, 0.1) is 6.92 Å². The lowest BCUT2D eigenvalue weighted by molar-refractivity contribution is 0.409. The minimum atomic E-state index is 0.563. The van der Waals surface area contributed by atoms with E-state index in [2.05, 4.69) is 41.6 Å². The van der Waals surface area contributed by atoms with Crippen LogP contribution in [0.4, 0.5) is 0 Å². The molecule has 5 nitrogen and oxygen atoms in total. The molecule has 140 valence electrons. The first-order valence-corrected chi connectivity index (χ1v) is 8.95. The molecule has 0 fully saturated rings. The van der Waals surface area contributed by atoms with Crippen molar-refractivity contribution in [3.8, 4) is 11.5 Å². The summed E-state index contributed by atoms with van der Waals surface area (Å²) in [4.78, 5) is 4.67. The molecule has 0 aliphatic rings. The third kappa shape index (κ3) is 5.69. The van der Waals surface area contributed by atoms with Gasteiger partial charge in [0.1, 0.15) is 11.5 Å². The van der Waals surface area contributed by atoms with E-state index in [0.29, 0.717) is 6.54 Å². The van der Waals surface area contributed by atoms with Gasteiger partial charge < -0.3 is 20.1 Å². The molecule has 5 heteroatoms. The summed E-state index contributed by atoms with van der Waals surface area (Å²) < 4.78 is 10.8. The zero-order valence-electron chi connectivity index (χ0n) is 16.1. The maximum Gasteiger partial charge on any atom is 0.191 e. The van der Waals surface area contributed by atoms with Gasteiger partial charge in [-0.05, 0) is 38.0 Å². The molecular formula is C21H29N3O2. The summed E-state index contributed by atoms with van der Waals surface area (Å²) in [7, 11) is 3.39. The minimum Gasteiger partial charge on any atom is -0.496 e. The van der Waals surface area contributed by atoms with Crippen molar-refractivity contribution in [1.82, 2.24) is 10.6 Å². The van der Waals surface area contributed by atoms with Crippen LogP contribution in [0.5, 0.6) is 11.5 Å². The summed E-state index contributed by atoms with van der Waals surface area (Å²) in [6, 6.07) is 14.2. The van der Waals surface area contributed by atoms with Gasteiger partial charge in [0.2, 0.25) is 0 Å². The second-order valence-electron chi connectivity index (χ2n) is 6.00. The van der Waals surface area contributed by atoms with Crippen LogP contribution in [-0.4, -0.2) is 33.3 Å². The summed E-state index contributed by atoms with van der Waals surface area (Å²) >= 11 is 0. The summed E-state index contributed by atoms with van der Waals surface area (Å²) in [6.45, 7) is 6.30. The van der Waals surface area contributed by atoms with Gasteiger partial charge >= 0.3 is 0 Å². The number of nitrogens with one attached hydrogen (secondary N) is 2. The Bertz CT molecular complexity index is 729. The fourth-order valence-corrected chi connectivity index (χ4v) is 2.76. The number of hydrogen-bond acceptors (Lipinski definition) is 3. The molecule has 0 aromatic heterocycles. The zero-order chi connectivity index (χ0) is 18.8. The SMILES string of the molecule is CCNC(=NCc1ccccc1OC)NCCc1cc(C)ccc1OC. The first-order valence-electron chi connectivity index (χ1n) is 8.95. The van der Waals surface area contributed by atoms with Gasteiger partial charge in [0.05, 0.1) is 20.8 Å². The molecule has 26 heavy (non-hydrogen) atoms. The van der Waals surface area contributed by atoms with Gasteiger partial charge in [0.15, 0.2) is 5.96 Å². The molecule has 0 heterocycles. The molecule has 0 aliphatic carbocycles. The van der Waals surface area contributed by atoms with Crippen LogP contribution >= 0.6 is 0 Å². The molecule has 2 N–H and O–H groups in total. The van der Waals surface area contributed by atoms with E-state index in [0.717, 1.165) is 42.5 Å². The molecule has 0 radical (unpaired) electrons. The highest BCUT2D eigenvalue weighted by Gasteiger charge is 2.05. The molecule has 0 bridgehead atoms. The molecule has 0 spiro atoms. The third-order valence-electron chi connectivity index (χ3n) is 4.07. The van der Waals surface area contributed by atoms with Crippen LogP contribution in [0.25, 0.3) is 0 Å². The highest BCUT2D eigenvalue weighted by molar-refractivity contribution is 5.79. The van der Waals surface area contributed by atoms with Gasteiger partial charge in [-0.2, -0.15) is 0 Å². The van der Waals surface area contributed by atoms with Crippen molar-refractivity contribution in [2.45, 2.75) is 26.8 Å². The first-order chi connectivity index (χ1) is 12.7. The van der Waals surface area contributed by atoms with E-state index in [-0.39, 0.29) is 0 Å². The maximum absolute atomic E-state index is 5.45. The second kappa shape index (κ2) is 10.3. The molecule has 0 unspecified atom stereocenters. The van der Waals surface area contributed by atoms with E-state index in [9.17, 15) is 0 Å². The van der Waals surface area contributed by atoms with Crippen molar-refractivity contribution in [3.63, 3.8) is 0 Å². The number of guanidine groups is 1. The fraction of sp³-hybridized carbons (Fsp3) is 0.381. The number of aryl methyl sites for hydroxylation is 1. The van der Waals surface area contributed by atoms with E-state index in [1.807, 2.05) is 30.3 Å². The van der Waals surface area contributed by atoms with E-state index in [1.54, 1.807) is 14.2 Å². The maximum atomic E-state index is 5.45. The van der Waals surface area contributed by atoms with Gasteiger partial charge in [0.25, 0.3) is 0 Å². The van der Waals surface area contributed by atoms with Gasteiger partial charge in [-0.25, -0.2) is 4.99 Å². The molecule has 0 saturated heterocycles. The standard InChI is InChI=1S/C21H29N3O2/c1-5-22-21(24-15-18-8-6-7-9-19(18)25-3)23-13-12-17-14-16(2)10-11-20(17)26-4/h6-11,14H,5,12-13,15H2,1-4H3,(H2,22,23,24). The van der Waals surface area contributed by atoms with Crippen LogP contribution in [0.2, 0.25) is 0 Å². The molecule has 0 amide bonds. The lowest BCUT2D eigenvalue weighted by atomic mass is 10.1. The summed E-state index contributed by atoms with van der Waals surface area (Å²) in [5.41, 5.74) is 3.49. The monoisotopic (exact) mass is 355 g/mol. The Morgan fingerprint density at radius 3 is 2.42 bits per heavy atom. The van der Waals surface area contributed by atoms with Gasteiger partial charge in [-0.15, -0.1) is 0 Å². The molecule has 2 aromatic rings. The van der Waals surface area contributed by atoms with E-state index in [1.165, 1.54) is 11.1 Å². The van der Waals surface area contributed by atoms with E-state index >= 15 is 0 Å². The molecule has 0 saturated carbocycles. The van der Waals surface area contributed by atoms with Crippen LogP contribution in [0.3, 0.4) is 0 Å². The Morgan fingerprint density at radius 2 is 1.69 bits per heavy atom. The Kier molecular flexibility index (Phi) is 7.80. The topological polar surface area (TPSA) is 54.9 Å². The number of ether oxygens (including phenoxy) is 2. The molecule has 2 aromatic carbocycles. The Morgan fingerprint density at radius 1 is 0.962 bits per heavy atom. The molecule has 2 rings (SSSR count). The molecule has 0 atom stereocenters. The van der Waals surface area contributed by atoms with Gasteiger partial charge in [0, 0.05) is 18.7 Å². The Hall–Kier alpha value is -2.69. The summed E-state index contributed by atoms with van der Waals surface area (Å²) in [6.07, 6.45) is 0.865. The lowest BCUT2D eigenvalue weighted by Gasteiger charge is -2.14. The average Bonchev–Trinajstić information content (AvgIpc) is 2.66. The summed E-state index contributed by atoms with van der Waals surface area (Å²) in [5.74, 6) is 2.58. The van der Waals surface area contributed by atoms with Gasteiger partial charge in [-0.3, -0.25) is 0 Å². The quantitative estimate of drug-likeness (QED) is 0.563. The largest absolute Gasteiger partial charge is 0.496 e. The van der Waals surface area contributed by atoms with Crippen molar-refractivity contribution in [2.24, 2.45) is 4.99 Å². The number of nitrogens with zero attached hydrogens (tertiary/aromatic N) is 1. The van der Waals surface area contributed by atoms with Crippen LogP contribution < -0.4 is 20.1 Å². The molecular weight excluding hydrogens is 326 g/mol. The smallest absolute Gasteiger partial charge is 0.191 e. The van der Waals surface area contributed by atoms with E-state index < -0.39 is 0 Å². The van der Waals surface area contributed by atoms with Crippen LogP contribution in [0.1, 0.15) is 23.6 Å². The van der Waals surface area contributed by atoms with E-state index in [4.69, 9.17) is 9.47 Å². The van der Waals surface area contributed by atoms with Crippen LogP contribution in [-0.2, 0) is 13.0 Å². The minimum absolute atomic E-state index is 0.563. The van der Waals surface area contributed by atoms with Crippen molar-refractivity contribution >= 4 is 5.96 Å². The van der Waals surface area contributed by atoms with Crippen molar-refractivity contribution in [3.05, 3.63) is 59.2 Å². The number of para-hydroxylation sites is 1. The lowest BCUT2D eigenvalue weighted by Crippen LogP contribution is -2.38. The van der Waals surface area contributed by atoms with Gasteiger partial charge in [-0.1, -0.05) is 35.9 Å². The zero-order valence-corrected chi connectivity index (χ0v) is 16.1. The number of aliphatic imine (C=N–C) groups is 1. The summed E-state index contributed by atoms with van der Waals surface area (Å²) in [5, 5.41) is 6.67. The number of methoxy groups -OCH3 is 2. The predicted molar refractivity (Wildman–Crippen MR) is 107 cm³/mol. The number of rotatable bonds is 8.